The van der Waals surface area contributed by atoms with Gasteiger partial charge in [0, 0.05) is 6.04 Å². The summed E-state index contributed by atoms with van der Waals surface area (Å²) in [5.74, 6) is 1.66. The van der Waals surface area contributed by atoms with Crippen LogP contribution in [0.1, 0.15) is 74.9 Å². The minimum absolute atomic E-state index is 0.345. The minimum Gasteiger partial charge on any atom is -0.460 e. The molecule has 0 atom stereocenters. The van der Waals surface area contributed by atoms with E-state index < -0.39 is 0 Å². The Morgan fingerprint density at radius 2 is 1.95 bits per heavy atom. The number of carbonyl (C=O) groups is 1. The first-order chi connectivity index (χ1) is 9.67. The smallest absolute Gasteiger partial charge is 0.376 e. The van der Waals surface area contributed by atoms with Crippen molar-refractivity contribution in [2.24, 2.45) is 5.92 Å². The van der Waals surface area contributed by atoms with E-state index in [0.29, 0.717) is 18.5 Å². The molecule has 0 aliphatic heterocycles. The summed E-state index contributed by atoms with van der Waals surface area (Å²) in [6, 6.07) is 0.345. The number of aromatic nitrogens is 3. The van der Waals surface area contributed by atoms with Gasteiger partial charge in [0.05, 0.1) is 6.61 Å². The standard InChI is InChI=1S/C15H25N3O2/c1-4-6-12-7-9-13(10-8-12)18-11(3)16-17-14(18)15(19)20-5-2/h12-13H,4-10H2,1-3H3. The number of hydrogen-bond acceptors (Lipinski definition) is 4. The van der Waals surface area contributed by atoms with Gasteiger partial charge in [0.1, 0.15) is 5.82 Å². The molecular weight excluding hydrogens is 254 g/mol. The average Bonchev–Trinajstić information content (AvgIpc) is 2.82. The lowest BCUT2D eigenvalue weighted by atomic mass is 9.83. The van der Waals surface area contributed by atoms with Crippen molar-refractivity contribution < 1.29 is 9.53 Å². The van der Waals surface area contributed by atoms with Crippen LogP contribution in [0.15, 0.2) is 0 Å². The Morgan fingerprint density at radius 3 is 2.55 bits per heavy atom. The Hall–Kier alpha value is -1.39. The van der Waals surface area contributed by atoms with E-state index in [-0.39, 0.29) is 5.97 Å². The largest absolute Gasteiger partial charge is 0.460 e. The molecule has 5 heteroatoms. The van der Waals surface area contributed by atoms with E-state index in [0.717, 1.165) is 24.6 Å². The van der Waals surface area contributed by atoms with Crippen LogP contribution in [0.4, 0.5) is 0 Å². The molecule has 0 bridgehead atoms. The molecule has 112 valence electrons. The number of esters is 1. The lowest BCUT2D eigenvalue weighted by molar-refractivity contribution is 0.0500. The molecule has 1 heterocycles. The van der Waals surface area contributed by atoms with Gasteiger partial charge in [0.15, 0.2) is 0 Å². The highest BCUT2D eigenvalue weighted by Gasteiger charge is 2.28. The van der Waals surface area contributed by atoms with Gasteiger partial charge in [0.2, 0.25) is 5.82 Å². The second kappa shape index (κ2) is 6.86. The monoisotopic (exact) mass is 279 g/mol. The van der Waals surface area contributed by atoms with Crippen LogP contribution >= 0.6 is 0 Å². The zero-order valence-corrected chi connectivity index (χ0v) is 12.8. The molecule has 0 amide bonds. The van der Waals surface area contributed by atoms with Crippen LogP contribution in [-0.4, -0.2) is 27.3 Å². The fourth-order valence-corrected chi connectivity index (χ4v) is 3.24. The van der Waals surface area contributed by atoms with Crippen LogP contribution in [0.3, 0.4) is 0 Å². The van der Waals surface area contributed by atoms with Gasteiger partial charge in [0.25, 0.3) is 0 Å². The molecule has 0 spiro atoms. The second-order valence-electron chi connectivity index (χ2n) is 5.62. The van der Waals surface area contributed by atoms with E-state index in [1.165, 1.54) is 25.7 Å². The lowest BCUT2D eigenvalue weighted by Crippen LogP contribution is -2.23. The quantitative estimate of drug-likeness (QED) is 0.776. The van der Waals surface area contributed by atoms with Crippen molar-refractivity contribution in [3.8, 4) is 0 Å². The molecule has 0 saturated heterocycles. The van der Waals surface area contributed by atoms with Crippen molar-refractivity contribution in [1.82, 2.24) is 14.8 Å². The Morgan fingerprint density at radius 1 is 1.25 bits per heavy atom. The highest BCUT2D eigenvalue weighted by atomic mass is 16.5. The SMILES string of the molecule is CCCC1CCC(n2c(C)nnc2C(=O)OCC)CC1. The summed E-state index contributed by atoms with van der Waals surface area (Å²) in [7, 11) is 0. The maximum atomic E-state index is 11.9. The fourth-order valence-electron chi connectivity index (χ4n) is 3.24. The van der Waals surface area contributed by atoms with Gasteiger partial charge in [-0.15, -0.1) is 10.2 Å². The predicted octanol–water partition coefficient (Wildman–Crippen LogP) is 3.29. The van der Waals surface area contributed by atoms with Crippen molar-refractivity contribution in [3.05, 3.63) is 11.6 Å². The van der Waals surface area contributed by atoms with E-state index in [2.05, 4.69) is 17.1 Å². The van der Waals surface area contributed by atoms with Gasteiger partial charge in [-0.1, -0.05) is 19.8 Å². The topological polar surface area (TPSA) is 57.0 Å². The van der Waals surface area contributed by atoms with Crippen molar-refractivity contribution in [1.29, 1.82) is 0 Å². The second-order valence-corrected chi connectivity index (χ2v) is 5.62. The molecule has 1 saturated carbocycles. The molecule has 0 radical (unpaired) electrons. The zero-order valence-electron chi connectivity index (χ0n) is 12.8. The molecule has 1 fully saturated rings. The van der Waals surface area contributed by atoms with E-state index in [4.69, 9.17) is 4.74 Å². The first-order valence-electron chi connectivity index (χ1n) is 7.76. The van der Waals surface area contributed by atoms with Crippen molar-refractivity contribution in [2.75, 3.05) is 6.61 Å². The lowest BCUT2D eigenvalue weighted by Gasteiger charge is -2.30. The van der Waals surface area contributed by atoms with Crippen molar-refractivity contribution in [2.45, 2.75) is 65.3 Å². The molecule has 5 nitrogen and oxygen atoms in total. The van der Waals surface area contributed by atoms with E-state index in [1.807, 2.05) is 11.5 Å². The first kappa shape index (κ1) is 15.0. The van der Waals surface area contributed by atoms with Crippen LogP contribution in [0.5, 0.6) is 0 Å². The van der Waals surface area contributed by atoms with Gasteiger partial charge < -0.3 is 9.30 Å². The predicted molar refractivity (Wildman–Crippen MR) is 76.6 cm³/mol. The van der Waals surface area contributed by atoms with Gasteiger partial charge in [-0.3, -0.25) is 0 Å². The Labute approximate surface area is 120 Å². The summed E-state index contributed by atoms with van der Waals surface area (Å²) in [4.78, 5) is 11.9. The summed E-state index contributed by atoms with van der Waals surface area (Å²) in [6.45, 7) is 6.33. The Balaban J connectivity index is 2.09. The van der Waals surface area contributed by atoms with E-state index in [9.17, 15) is 4.79 Å². The molecule has 1 aliphatic carbocycles. The van der Waals surface area contributed by atoms with E-state index >= 15 is 0 Å². The Bertz CT molecular complexity index is 448. The van der Waals surface area contributed by atoms with Crippen LogP contribution in [0.25, 0.3) is 0 Å². The molecule has 1 aromatic heterocycles. The van der Waals surface area contributed by atoms with Gasteiger partial charge in [-0.05, 0) is 45.4 Å². The summed E-state index contributed by atoms with van der Waals surface area (Å²) >= 11 is 0. The Kier molecular flexibility index (Phi) is 5.15. The summed E-state index contributed by atoms with van der Waals surface area (Å²) in [6.07, 6.45) is 7.26. The zero-order chi connectivity index (χ0) is 14.5. The van der Waals surface area contributed by atoms with Crippen LogP contribution < -0.4 is 0 Å². The van der Waals surface area contributed by atoms with Crippen molar-refractivity contribution >= 4 is 5.97 Å². The molecule has 2 rings (SSSR count). The third-order valence-corrected chi connectivity index (χ3v) is 4.20. The van der Waals surface area contributed by atoms with Gasteiger partial charge in [-0.2, -0.15) is 0 Å². The number of hydrogen-bond donors (Lipinski definition) is 0. The van der Waals surface area contributed by atoms with Gasteiger partial charge in [-0.25, -0.2) is 4.79 Å². The average molecular weight is 279 g/mol. The number of ether oxygens (including phenoxy) is 1. The maximum Gasteiger partial charge on any atom is 0.376 e. The summed E-state index contributed by atoms with van der Waals surface area (Å²) in [5, 5.41) is 8.07. The summed E-state index contributed by atoms with van der Waals surface area (Å²) < 4.78 is 7.06. The normalized spacial score (nSPS) is 22.8. The maximum absolute atomic E-state index is 11.9. The number of nitrogens with zero attached hydrogens (tertiary/aromatic N) is 3. The highest BCUT2D eigenvalue weighted by Crippen LogP contribution is 2.35. The molecular formula is C15H25N3O2. The molecule has 0 unspecified atom stereocenters. The fraction of sp³-hybridized carbons (Fsp3) is 0.800. The minimum atomic E-state index is -0.358. The van der Waals surface area contributed by atoms with Crippen LogP contribution in [0.2, 0.25) is 0 Å². The third-order valence-electron chi connectivity index (χ3n) is 4.20. The van der Waals surface area contributed by atoms with Gasteiger partial charge >= 0.3 is 5.97 Å². The first-order valence-corrected chi connectivity index (χ1v) is 7.76. The molecule has 1 aliphatic rings. The van der Waals surface area contributed by atoms with Crippen LogP contribution in [-0.2, 0) is 4.74 Å². The molecule has 1 aromatic rings. The third kappa shape index (κ3) is 3.19. The molecule has 20 heavy (non-hydrogen) atoms. The van der Waals surface area contributed by atoms with E-state index in [1.54, 1.807) is 6.92 Å². The number of aryl methyl sites for hydroxylation is 1. The van der Waals surface area contributed by atoms with Crippen molar-refractivity contribution in [3.63, 3.8) is 0 Å². The number of carbonyl (C=O) groups excluding carboxylic acids is 1. The summed E-state index contributed by atoms with van der Waals surface area (Å²) in [5.41, 5.74) is 0. The molecule has 0 N–H and O–H groups in total. The number of rotatable bonds is 5. The van der Waals surface area contributed by atoms with Crippen LogP contribution in [0, 0.1) is 12.8 Å². The molecule has 0 aromatic carbocycles. The highest BCUT2D eigenvalue weighted by molar-refractivity contribution is 5.85.